The Balaban J connectivity index is 0.00000204. The van der Waals surface area contributed by atoms with Gasteiger partial charge in [0.25, 0.3) is 0 Å². The fraction of sp³-hybridized carbons (Fsp3) is 0.478. The molecule has 0 saturated carbocycles. The molecule has 29 heavy (non-hydrogen) atoms. The number of nitrogens with one attached hydrogen (secondary N) is 1. The number of hydrogen-bond donors (Lipinski definition) is 2. The molecule has 160 valence electrons. The normalized spacial score (nSPS) is 16.0. The highest BCUT2D eigenvalue weighted by molar-refractivity contribution is 6.02. The molecule has 0 bridgehead atoms. The number of esters is 1. The second-order valence-electron chi connectivity index (χ2n) is 6.46. The SMILES string of the molecule is CC.CCOC(=O)C1=C(COCCN)NC(C)=C(C(C)=O)C1c1ccccc1C. The molecule has 2 rings (SSSR count). The molecule has 0 spiro atoms. The summed E-state index contributed by atoms with van der Waals surface area (Å²) in [5.74, 6) is -1.03. The highest BCUT2D eigenvalue weighted by atomic mass is 16.5. The molecule has 0 saturated heterocycles. The van der Waals surface area contributed by atoms with Crippen LogP contribution in [0.3, 0.4) is 0 Å². The van der Waals surface area contributed by atoms with Gasteiger partial charge in [0.05, 0.1) is 31.1 Å². The molecule has 1 heterocycles. The summed E-state index contributed by atoms with van der Waals surface area (Å²) in [7, 11) is 0. The molecule has 1 aromatic carbocycles. The minimum absolute atomic E-state index is 0.0861. The van der Waals surface area contributed by atoms with Crippen LogP contribution >= 0.6 is 0 Å². The number of ketones is 1. The minimum Gasteiger partial charge on any atom is -0.463 e. The van der Waals surface area contributed by atoms with Crippen molar-refractivity contribution in [3.63, 3.8) is 0 Å². The van der Waals surface area contributed by atoms with Crippen LogP contribution < -0.4 is 11.1 Å². The molecule has 3 N–H and O–H groups in total. The molecule has 1 aliphatic heterocycles. The third-order valence-corrected chi connectivity index (χ3v) is 4.53. The van der Waals surface area contributed by atoms with Gasteiger partial charge in [-0.3, -0.25) is 4.79 Å². The molecule has 1 unspecified atom stereocenters. The Morgan fingerprint density at radius 3 is 2.34 bits per heavy atom. The van der Waals surface area contributed by atoms with E-state index in [2.05, 4.69) is 5.32 Å². The number of aryl methyl sites for hydroxylation is 1. The molecule has 6 heteroatoms. The molecule has 0 aliphatic carbocycles. The second-order valence-corrected chi connectivity index (χ2v) is 6.46. The summed E-state index contributed by atoms with van der Waals surface area (Å²) >= 11 is 0. The van der Waals surface area contributed by atoms with Crippen LogP contribution in [-0.4, -0.2) is 38.1 Å². The van der Waals surface area contributed by atoms with E-state index in [9.17, 15) is 9.59 Å². The van der Waals surface area contributed by atoms with Crippen LogP contribution in [0.1, 0.15) is 51.7 Å². The van der Waals surface area contributed by atoms with Crippen molar-refractivity contribution in [3.05, 3.63) is 57.9 Å². The van der Waals surface area contributed by atoms with Crippen LogP contribution in [-0.2, 0) is 19.1 Å². The first kappa shape index (κ1) is 24.6. The van der Waals surface area contributed by atoms with E-state index >= 15 is 0 Å². The molecule has 1 aliphatic rings. The van der Waals surface area contributed by atoms with Crippen LogP contribution in [0.4, 0.5) is 0 Å². The lowest BCUT2D eigenvalue weighted by atomic mass is 9.77. The van der Waals surface area contributed by atoms with Crippen LogP contribution in [0.2, 0.25) is 0 Å². The first-order chi connectivity index (χ1) is 13.9. The van der Waals surface area contributed by atoms with Gasteiger partial charge in [0.2, 0.25) is 0 Å². The van der Waals surface area contributed by atoms with Crippen molar-refractivity contribution >= 4 is 11.8 Å². The summed E-state index contributed by atoms with van der Waals surface area (Å²) in [5, 5.41) is 3.19. The second kappa shape index (κ2) is 12.2. The molecule has 0 radical (unpaired) electrons. The number of carbonyl (C=O) groups excluding carboxylic acids is 2. The highest BCUT2D eigenvalue weighted by Gasteiger charge is 2.37. The van der Waals surface area contributed by atoms with Gasteiger partial charge < -0.3 is 20.5 Å². The van der Waals surface area contributed by atoms with E-state index in [1.165, 1.54) is 6.92 Å². The van der Waals surface area contributed by atoms with E-state index in [4.69, 9.17) is 15.2 Å². The Bertz CT molecular complexity index is 781. The lowest BCUT2D eigenvalue weighted by molar-refractivity contribution is -0.138. The predicted octanol–water partition coefficient (Wildman–Crippen LogP) is 3.36. The summed E-state index contributed by atoms with van der Waals surface area (Å²) in [4.78, 5) is 25.4. The summed E-state index contributed by atoms with van der Waals surface area (Å²) < 4.78 is 10.9. The number of ether oxygens (including phenoxy) is 2. The average Bonchev–Trinajstić information content (AvgIpc) is 2.69. The Kier molecular flexibility index (Phi) is 10.3. The zero-order valence-electron chi connectivity index (χ0n) is 18.4. The number of hydrogen-bond acceptors (Lipinski definition) is 6. The molecule has 0 aromatic heterocycles. The van der Waals surface area contributed by atoms with Gasteiger partial charge in [-0.25, -0.2) is 4.79 Å². The maximum absolute atomic E-state index is 12.9. The highest BCUT2D eigenvalue weighted by Crippen LogP contribution is 2.40. The number of carbonyl (C=O) groups is 2. The monoisotopic (exact) mass is 402 g/mol. The Hall–Kier alpha value is -2.44. The first-order valence-corrected chi connectivity index (χ1v) is 10.1. The smallest absolute Gasteiger partial charge is 0.336 e. The van der Waals surface area contributed by atoms with Gasteiger partial charge in [-0.15, -0.1) is 0 Å². The summed E-state index contributed by atoms with van der Waals surface area (Å²) in [5.41, 5.74) is 9.72. The number of allylic oxidation sites excluding steroid dienone is 2. The Morgan fingerprint density at radius 2 is 1.79 bits per heavy atom. The van der Waals surface area contributed by atoms with Gasteiger partial charge in [0, 0.05) is 23.7 Å². The Morgan fingerprint density at radius 1 is 1.14 bits per heavy atom. The van der Waals surface area contributed by atoms with Gasteiger partial charge in [-0.05, 0) is 38.8 Å². The first-order valence-electron chi connectivity index (χ1n) is 10.1. The number of benzene rings is 1. The summed E-state index contributed by atoms with van der Waals surface area (Å²) in [6.07, 6.45) is 0. The number of rotatable bonds is 8. The molecule has 1 atom stereocenters. The fourth-order valence-corrected chi connectivity index (χ4v) is 3.41. The van der Waals surface area contributed by atoms with Crippen molar-refractivity contribution in [2.75, 3.05) is 26.4 Å². The minimum atomic E-state index is -0.500. The largest absolute Gasteiger partial charge is 0.463 e. The summed E-state index contributed by atoms with van der Waals surface area (Å²) in [6, 6.07) is 7.75. The maximum Gasteiger partial charge on any atom is 0.336 e. The van der Waals surface area contributed by atoms with Crippen molar-refractivity contribution in [2.24, 2.45) is 5.73 Å². The van der Waals surface area contributed by atoms with Crippen LogP contribution in [0.5, 0.6) is 0 Å². The molecule has 0 amide bonds. The molecule has 0 fully saturated rings. The zero-order chi connectivity index (χ0) is 22.0. The summed E-state index contributed by atoms with van der Waals surface area (Å²) in [6.45, 7) is 12.3. The van der Waals surface area contributed by atoms with E-state index in [0.29, 0.717) is 30.0 Å². The Labute approximate surface area is 174 Å². The van der Waals surface area contributed by atoms with Crippen molar-refractivity contribution in [2.45, 2.75) is 47.5 Å². The quantitative estimate of drug-likeness (QED) is 0.512. The van der Waals surface area contributed by atoms with E-state index in [1.54, 1.807) is 6.92 Å². The van der Waals surface area contributed by atoms with Gasteiger partial charge in [0.1, 0.15) is 0 Å². The van der Waals surface area contributed by atoms with Crippen molar-refractivity contribution in [3.8, 4) is 0 Å². The number of nitrogens with two attached hydrogens (primary N) is 1. The lowest BCUT2D eigenvalue weighted by Crippen LogP contribution is -2.34. The topological polar surface area (TPSA) is 90.7 Å². The third-order valence-electron chi connectivity index (χ3n) is 4.53. The van der Waals surface area contributed by atoms with Crippen LogP contribution in [0.15, 0.2) is 46.8 Å². The average molecular weight is 403 g/mol. The maximum atomic E-state index is 12.9. The van der Waals surface area contributed by atoms with Crippen molar-refractivity contribution in [1.29, 1.82) is 0 Å². The number of Topliss-reactive ketones (excluding diaryl/α,β-unsaturated/α-hetero) is 1. The van der Waals surface area contributed by atoms with E-state index < -0.39 is 11.9 Å². The molecule has 6 nitrogen and oxygen atoms in total. The van der Waals surface area contributed by atoms with E-state index in [-0.39, 0.29) is 19.0 Å². The van der Waals surface area contributed by atoms with E-state index in [0.717, 1.165) is 16.8 Å². The van der Waals surface area contributed by atoms with E-state index in [1.807, 2.05) is 52.0 Å². The molecular weight excluding hydrogens is 368 g/mol. The standard InChI is InChI=1S/C21H28N2O4.C2H6/c1-5-27-21(25)20-17(12-26-11-10-22)23-14(3)18(15(4)24)19(20)16-9-7-6-8-13(16)2;1-2/h6-9,19,23H,5,10-12,22H2,1-4H3;1-2H3. The van der Waals surface area contributed by atoms with Gasteiger partial charge in [0.15, 0.2) is 5.78 Å². The number of dihydropyridines is 1. The lowest BCUT2D eigenvalue weighted by Gasteiger charge is -2.32. The fourth-order valence-electron chi connectivity index (χ4n) is 3.41. The van der Waals surface area contributed by atoms with Crippen molar-refractivity contribution < 1.29 is 19.1 Å². The van der Waals surface area contributed by atoms with Crippen LogP contribution in [0.25, 0.3) is 0 Å². The van der Waals surface area contributed by atoms with Gasteiger partial charge in [-0.2, -0.15) is 0 Å². The molecule has 1 aromatic rings. The predicted molar refractivity (Wildman–Crippen MR) is 115 cm³/mol. The van der Waals surface area contributed by atoms with Gasteiger partial charge >= 0.3 is 5.97 Å². The van der Waals surface area contributed by atoms with Crippen molar-refractivity contribution in [1.82, 2.24) is 5.32 Å². The molecular formula is C23H34N2O4. The third kappa shape index (κ3) is 6.02. The zero-order valence-corrected chi connectivity index (χ0v) is 18.4. The van der Waals surface area contributed by atoms with Gasteiger partial charge in [-0.1, -0.05) is 38.1 Å². The van der Waals surface area contributed by atoms with Crippen LogP contribution in [0, 0.1) is 6.92 Å².